The predicted molar refractivity (Wildman–Crippen MR) is 140 cm³/mol. The number of carbonyl (C=O) groups excluding carboxylic acids is 1. The van der Waals surface area contributed by atoms with Gasteiger partial charge in [-0.3, -0.25) is 4.79 Å². The van der Waals surface area contributed by atoms with Gasteiger partial charge in [0.2, 0.25) is 0 Å². The SMILES string of the molecule is COC[C@@]12CC[C@@](CO)(C[C@@H](c3ccc(NC(=O)c4nc(C#N)c[nH]4)c(C4=CCC(C)(C)CC4)c3)C1)O2. The van der Waals surface area contributed by atoms with Crippen LogP contribution < -0.4 is 5.32 Å². The Bertz CT molecular complexity index is 1260. The molecule has 2 aromatic rings. The minimum absolute atomic E-state index is 0.00400. The minimum Gasteiger partial charge on any atom is -0.393 e. The number of aromatic amines is 1. The molecule has 37 heavy (non-hydrogen) atoms. The van der Waals surface area contributed by atoms with Crippen molar-refractivity contribution in [1.29, 1.82) is 5.26 Å². The monoisotopic (exact) mass is 504 g/mol. The van der Waals surface area contributed by atoms with Crippen LogP contribution in [0.4, 0.5) is 5.69 Å². The van der Waals surface area contributed by atoms with Crippen molar-refractivity contribution in [3.05, 3.63) is 53.1 Å². The van der Waals surface area contributed by atoms with E-state index in [-0.39, 0.29) is 41.0 Å². The number of hydrogen-bond acceptors (Lipinski definition) is 6. The Morgan fingerprint density at radius 1 is 1.30 bits per heavy atom. The Morgan fingerprint density at radius 3 is 2.76 bits per heavy atom. The van der Waals surface area contributed by atoms with Crippen molar-refractivity contribution < 1.29 is 19.4 Å². The topological polar surface area (TPSA) is 120 Å². The van der Waals surface area contributed by atoms with E-state index >= 15 is 0 Å². The highest BCUT2D eigenvalue weighted by Gasteiger charge is 2.55. The second kappa shape index (κ2) is 9.71. The molecule has 1 aliphatic carbocycles. The number of aliphatic hydroxyl groups excluding tert-OH is 1. The summed E-state index contributed by atoms with van der Waals surface area (Å²) in [4.78, 5) is 19.8. The van der Waals surface area contributed by atoms with Crippen LogP contribution >= 0.6 is 0 Å². The molecular formula is C29H36N4O4. The third-order valence-electron chi connectivity index (χ3n) is 8.39. The molecular weight excluding hydrogens is 468 g/mol. The maximum atomic E-state index is 13.0. The number of nitriles is 1. The Hall–Kier alpha value is -2.99. The number of anilines is 1. The molecule has 3 N–H and O–H groups in total. The first-order chi connectivity index (χ1) is 17.7. The Balaban J connectivity index is 1.49. The van der Waals surface area contributed by atoms with Gasteiger partial charge in [-0.15, -0.1) is 0 Å². The van der Waals surface area contributed by atoms with Crippen molar-refractivity contribution >= 4 is 17.2 Å². The molecule has 0 radical (unpaired) electrons. The van der Waals surface area contributed by atoms with E-state index < -0.39 is 5.60 Å². The number of imidazole rings is 1. The molecule has 3 atom stereocenters. The van der Waals surface area contributed by atoms with Gasteiger partial charge in [0.05, 0.1) is 24.4 Å². The molecule has 0 saturated carbocycles. The number of fused-ring (bicyclic) bond motifs is 2. The molecule has 196 valence electrons. The normalized spacial score (nSPS) is 28.4. The number of aromatic nitrogens is 2. The van der Waals surface area contributed by atoms with Crippen molar-refractivity contribution in [3.63, 3.8) is 0 Å². The van der Waals surface area contributed by atoms with Crippen LogP contribution in [0.25, 0.3) is 5.57 Å². The fourth-order valence-corrected chi connectivity index (χ4v) is 6.30. The van der Waals surface area contributed by atoms with E-state index in [9.17, 15) is 9.90 Å². The summed E-state index contributed by atoms with van der Waals surface area (Å²) in [6, 6.07) is 8.21. The maximum Gasteiger partial charge on any atom is 0.291 e. The summed E-state index contributed by atoms with van der Waals surface area (Å²) in [5.74, 6) is -0.0571. The van der Waals surface area contributed by atoms with Crippen LogP contribution in [0.1, 0.15) is 92.2 Å². The first kappa shape index (κ1) is 25.7. The molecule has 2 aliphatic heterocycles. The third kappa shape index (κ3) is 5.08. The molecule has 0 unspecified atom stereocenters. The van der Waals surface area contributed by atoms with Crippen LogP contribution in [-0.2, 0) is 9.47 Å². The van der Waals surface area contributed by atoms with Crippen molar-refractivity contribution in [2.45, 2.75) is 75.9 Å². The lowest BCUT2D eigenvalue weighted by atomic mass is 9.75. The highest BCUT2D eigenvalue weighted by Crippen LogP contribution is 2.53. The fraction of sp³-hybridized carbons (Fsp3) is 0.552. The maximum absolute atomic E-state index is 13.0. The average Bonchev–Trinajstić information content (AvgIpc) is 3.47. The molecule has 0 spiro atoms. The zero-order chi connectivity index (χ0) is 26.3. The van der Waals surface area contributed by atoms with Crippen LogP contribution in [0.5, 0.6) is 0 Å². The number of nitrogens with one attached hydrogen (secondary N) is 2. The fourth-order valence-electron chi connectivity index (χ4n) is 6.30. The first-order valence-electron chi connectivity index (χ1n) is 13.1. The lowest BCUT2D eigenvalue weighted by Gasteiger charge is -2.43. The third-order valence-corrected chi connectivity index (χ3v) is 8.39. The van der Waals surface area contributed by atoms with Gasteiger partial charge in [0.1, 0.15) is 6.07 Å². The van der Waals surface area contributed by atoms with Gasteiger partial charge in [-0.1, -0.05) is 26.0 Å². The molecule has 2 fully saturated rings. The number of hydrogen-bond donors (Lipinski definition) is 3. The molecule has 1 aromatic carbocycles. The van der Waals surface area contributed by atoms with Crippen molar-refractivity contribution in [3.8, 4) is 6.07 Å². The van der Waals surface area contributed by atoms with Gasteiger partial charge in [-0.2, -0.15) is 5.26 Å². The lowest BCUT2D eigenvalue weighted by Crippen LogP contribution is -2.47. The highest BCUT2D eigenvalue weighted by atomic mass is 16.6. The van der Waals surface area contributed by atoms with Gasteiger partial charge >= 0.3 is 0 Å². The summed E-state index contributed by atoms with van der Waals surface area (Å²) in [6.07, 6.45) is 10.0. The Labute approximate surface area is 218 Å². The van der Waals surface area contributed by atoms with Crippen LogP contribution in [0.3, 0.4) is 0 Å². The van der Waals surface area contributed by atoms with E-state index in [4.69, 9.17) is 14.7 Å². The Kier molecular flexibility index (Phi) is 6.73. The molecule has 2 bridgehead atoms. The largest absolute Gasteiger partial charge is 0.393 e. The molecule has 8 heteroatoms. The van der Waals surface area contributed by atoms with E-state index in [1.807, 2.05) is 12.1 Å². The number of nitrogens with zero attached hydrogens (tertiary/aromatic N) is 2. The van der Waals surface area contributed by atoms with Crippen LogP contribution in [0, 0.1) is 16.7 Å². The number of carbonyl (C=O) groups is 1. The first-order valence-corrected chi connectivity index (χ1v) is 13.1. The van der Waals surface area contributed by atoms with E-state index in [0.717, 1.165) is 56.2 Å². The van der Waals surface area contributed by atoms with E-state index in [0.29, 0.717) is 6.61 Å². The quantitative estimate of drug-likeness (QED) is 0.492. The highest BCUT2D eigenvalue weighted by molar-refractivity contribution is 6.03. The van der Waals surface area contributed by atoms with Crippen molar-refractivity contribution in [2.75, 3.05) is 25.6 Å². The number of amides is 1. The number of ether oxygens (including phenoxy) is 2. The standard InChI is InChI=1S/C29H36N4O4/c1-27(2)8-6-19(7-9-27)23-12-20(4-5-24(23)33-26(35)25-31-16-22(15-30)32-25)21-13-28(17-34)10-11-29(14-21,37-28)18-36-3/h4-6,12,16,21,34H,7-11,13-14,17-18H2,1-3H3,(H,31,32)(H,33,35)/t21-,28+,29-/m1/s1. The van der Waals surface area contributed by atoms with Gasteiger partial charge < -0.3 is 24.9 Å². The van der Waals surface area contributed by atoms with Crippen molar-refractivity contribution in [1.82, 2.24) is 9.97 Å². The van der Waals surface area contributed by atoms with Crippen LogP contribution in [0.15, 0.2) is 30.5 Å². The van der Waals surface area contributed by atoms with Gasteiger partial charge in [0.15, 0.2) is 11.5 Å². The van der Waals surface area contributed by atoms with E-state index in [1.165, 1.54) is 17.3 Å². The molecule has 1 aromatic heterocycles. The summed E-state index contributed by atoms with van der Waals surface area (Å²) < 4.78 is 12.0. The summed E-state index contributed by atoms with van der Waals surface area (Å²) in [7, 11) is 1.70. The second-order valence-corrected chi connectivity index (χ2v) is 11.8. The molecule has 2 saturated heterocycles. The second-order valence-electron chi connectivity index (χ2n) is 11.8. The smallest absolute Gasteiger partial charge is 0.291 e. The van der Waals surface area contributed by atoms with Crippen molar-refractivity contribution in [2.24, 2.45) is 5.41 Å². The molecule has 3 heterocycles. The predicted octanol–water partition coefficient (Wildman–Crippen LogP) is 4.93. The number of allylic oxidation sites excluding steroid dienone is 2. The zero-order valence-corrected chi connectivity index (χ0v) is 21.9. The summed E-state index contributed by atoms with van der Waals surface area (Å²) in [5, 5.41) is 22.3. The van der Waals surface area contributed by atoms with E-state index in [1.54, 1.807) is 7.11 Å². The van der Waals surface area contributed by atoms with Gasteiger partial charge in [-0.05, 0) is 79.5 Å². The minimum atomic E-state index is -0.527. The van der Waals surface area contributed by atoms with Crippen LogP contribution in [0.2, 0.25) is 0 Å². The number of H-pyrrole nitrogens is 1. The molecule has 5 rings (SSSR count). The zero-order valence-electron chi connectivity index (χ0n) is 21.9. The number of rotatable bonds is 7. The number of methoxy groups -OCH3 is 1. The number of benzene rings is 1. The molecule has 3 aliphatic rings. The number of aliphatic hydroxyl groups is 1. The lowest BCUT2D eigenvalue weighted by molar-refractivity contribution is -0.180. The molecule has 1 amide bonds. The van der Waals surface area contributed by atoms with Gasteiger partial charge in [0, 0.05) is 24.6 Å². The summed E-state index contributed by atoms with van der Waals surface area (Å²) in [6.45, 7) is 5.08. The summed E-state index contributed by atoms with van der Waals surface area (Å²) >= 11 is 0. The van der Waals surface area contributed by atoms with Crippen LogP contribution in [-0.4, -0.2) is 52.5 Å². The Morgan fingerprint density at radius 2 is 2.08 bits per heavy atom. The van der Waals surface area contributed by atoms with Gasteiger partial charge in [-0.25, -0.2) is 4.98 Å². The van der Waals surface area contributed by atoms with Gasteiger partial charge in [0.25, 0.3) is 5.91 Å². The average molecular weight is 505 g/mol. The molecule has 8 nitrogen and oxygen atoms in total. The van der Waals surface area contributed by atoms with E-state index in [2.05, 4.69) is 47.3 Å². The summed E-state index contributed by atoms with van der Waals surface area (Å²) in [5.41, 5.74) is 3.69.